The van der Waals surface area contributed by atoms with E-state index in [2.05, 4.69) is 41.4 Å². The maximum Gasteiger partial charge on any atom is 0.255 e. The van der Waals surface area contributed by atoms with Crippen molar-refractivity contribution in [1.29, 1.82) is 0 Å². The van der Waals surface area contributed by atoms with Crippen LogP contribution < -0.4 is 5.32 Å². The average Bonchev–Trinajstić information content (AvgIpc) is 2.61. The van der Waals surface area contributed by atoms with E-state index in [9.17, 15) is 9.90 Å². The molecule has 1 saturated heterocycles. The lowest BCUT2D eigenvalue weighted by Gasteiger charge is -2.30. The number of carbonyl (C=O) groups is 1. The molecule has 2 aromatic carbocycles. The molecule has 0 saturated carbocycles. The van der Waals surface area contributed by atoms with E-state index in [1.54, 1.807) is 18.2 Å². The van der Waals surface area contributed by atoms with Crippen molar-refractivity contribution in [3.05, 3.63) is 65.2 Å². The van der Waals surface area contributed by atoms with Crippen molar-refractivity contribution >= 4 is 5.91 Å². The lowest BCUT2D eigenvalue weighted by Crippen LogP contribution is -2.33. The van der Waals surface area contributed by atoms with Crippen LogP contribution in [0.25, 0.3) is 0 Å². The lowest BCUT2D eigenvalue weighted by molar-refractivity contribution is 0.0948. The van der Waals surface area contributed by atoms with Crippen LogP contribution in [0.2, 0.25) is 0 Å². The molecular formula is C21H26N2O2. The fourth-order valence-electron chi connectivity index (χ4n) is 3.39. The van der Waals surface area contributed by atoms with Gasteiger partial charge in [0.15, 0.2) is 0 Å². The van der Waals surface area contributed by atoms with Gasteiger partial charge in [-0.1, -0.05) is 43.3 Å². The zero-order valence-corrected chi connectivity index (χ0v) is 14.7. The van der Waals surface area contributed by atoms with E-state index in [0.29, 0.717) is 12.1 Å². The summed E-state index contributed by atoms with van der Waals surface area (Å²) >= 11 is 0. The number of hydrogen-bond acceptors (Lipinski definition) is 3. The highest BCUT2D eigenvalue weighted by Crippen LogP contribution is 2.18. The molecule has 1 atom stereocenters. The number of phenols is 1. The van der Waals surface area contributed by atoms with Gasteiger partial charge in [-0.05, 0) is 48.6 Å². The first-order chi connectivity index (χ1) is 12.1. The zero-order valence-electron chi connectivity index (χ0n) is 14.7. The number of aromatic hydroxyl groups is 1. The summed E-state index contributed by atoms with van der Waals surface area (Å²) in [6, 6.07) is 15.0. The summed E-state index contributed by atoms with van der Waals surface area (Å²) in [4.78, 5) is 14.6. The van der Waals surface area contributed by atoms with Gasteiger partial charge in [0.05, 0.1) is 5.56 Å². The van der Waals surface area contributed by atoms with Gasteiger partial charge in [0.2, 0.25) is 0 Å². The Hall–Kier alpha value is -2.33. The van der Waals surface area contributed by atoms with Gasteiger partial charge in [0, 0.05) is 19.6 Å². The van der Waals surface area contributed by atoms with Crippen LogP contribution in [-0.2, 0) is 13.1 Å². The van der Waals surface area contributed by atoms with Gasteiger partial charge in [0.1, 0.15) is 5.75 Å². The number of hydrogen-bond donors (Lipinski definition) is 2. The maximum absolute atomic E-state index is 12.1. The molecule has 0 spiro atoms. The summed E-state index contributed by atoms with van der Waals surface area (Å²) < 4.78 is 0. The molecule has 1 amide bonds. The molecule has 4 heteroatoms. The summed E-state index contributed by atoms with van der Waals surface area (Å²) in [5, 5.41) is 12.6. The number of benzene rings is 2. The highest BCUT2D eigenvalue weighted by molar-refractivity contribution is 5.96. The minimum absolute atomic E-state index is 0.00566. The fourth-order valence-corrected chi connectivity index (χ4v) is 3.39. The normalized spacial score (nSPS) is 18.0. The van der Waals surface area contributed by atoms with Gasteiger partial charge in [-0.2, -0.15) is 0 Å². The molecule has 0 aromatic heterocycles. The number of rotatable bonds is 5. The Morgan fingerprint density at radius 1 is 1.16 bits per heavy atom. The van der Waals surface area contributed by atoms with E-state index in [4.69, 9.17) is 0 Å². The number of nitrogens with zero attached hydrogens (tertiary/aromatic N) is 1. The third kappa shape index (κ3) is 4.83. The van der Waals surface area contributed by atoms with Crippen molar-refractivity contribution in [1.82, 2.24) is 10.2 Å². The second-order valence-electron chi connectivity index (χ2n) is 7.00. The first kappa shape index (κ1) is 17.5. The predicted molar refractivity (Wildman–Crippen MR) is 99.4 cm³/mol. The topological polar surface area (TPSA) is 52.6 Å². The molecule has 4 nitrogen and oxygen atoms in total. The maximum atomic E-state index is 12.1. The van der Waals surface area contributed by atoms with Crippen LogP contribution in [0, 0.1) is 5.92 Å². The SMILES string of the molecule is CC1CCCN(Cc2ccc(CNC(=O)c3ccccc3O)cc2)C1. The van der Waals surface area contributed by atoms with E-state index in [-0.39, 0.29) is 11.7 Å². The molecule has 1 unspecified atom stereocenters. The largest absolute Gasteiger partial charge is 0.507 e. The zero-order chi connectivity index (χ0) is 17.6. The van der Waals surface area contributed by atoms with Crippen molar-refractivity contribution < 1.29 is 9.90 Å². The smallest absolute Gasteiger partial charge is 0.255 e. The van der Waals surface area contributed by atoms with Gasteiger partial charge in [-0.3, -0.25) is 9.69 Å². The molecule has 25 heavy (non-hydrogen) atoms. The Morgan fingerprint density at radius 2 is 1.88 bits per heavy atom. The number of carbonyl (C=O) groups excluding carboxylic acids is 1. The first-order valence-electron chi connectivity index (χ1n) is 8.98. The molecule has 0 radical (unpaired) electrons. The van der Waals surface area contributed by atoms with Crippen LogP contribution >= 0.6 is 0 Å². The van der Waals surface area contributed by atoms with E-state index >= 15 is 0 Å². The minimum atomic E-state index is -0.260. The Kier molecular flexibility index (Phi) is 5.71. The quantitative estimate of drug-likeness (QED) is 0.876. The Balaban J connectivity index is 1.52. The van der Waals surface area contributed by atoms with Gasteiger partial charge in [0.25, 0.3) is 5.91 Å². The van der Waals surface area contributed by atoms with Gasteiger partial charge < -0.3 is 10.4 Å². The number of piperidine rings is 1. The first-order valence-corrected chi connectivity index (χ1v) is 8.98. The third-order valence-electron chi connectivity index (χ3n) is 4.77. The van der Waals surface area contributed by atoms with Crippen molar-refractivity contribution in [2.24, 2.45) is 5.92 Å². The average molecular weight is 338 g/mol. The molecular weight excluding hydrogens is 312 g/mol. The van der Waals surface area contributed by atoms with E-state index in [0.717, 1.165) is 18.0 Å². The second kappa shape index (κ2) is 8.17. The number of para-hydroxylation sites is 1. The molecule has 1 heterocycles. The van der Waals surface area contributed by atoms with E-state index in [1.165, 1.54) is 37.6 Å². The molecule has 3 rings (SSSR count). The minimum Gasteiger partial charge on any atom is -0.507 e. The highest BCUT2D eigenvalue weighted by atomic mass is 16.3. The Labute approximate surface area is 149 Å². The van der Waals surface area contributed by atoms with Gasteiger partial charge >= 0.3 is 0 Å². The monoisotopic (exact) mass is 338 g/mol. The standard InChI is InChI=1S/C21H26N2O2/c1-16-5-4-12-23(14-16)15-18-10-8-17(9-11-18)13-22-21(25)19-6-2-3-7-20(19)24/h2-3,6-11,16,24H,4-5,12-15H2,1H3,(H,22,25). The predicted octanol–water partition coefficient (Wildman–Crippen LogP) is 3.55. The molecule has 1 aliphatic heterocycles. The van der Waals surface area contributed by atoms with Crippen molar-refractivity contribution in [3.8, 4) is 5.75 Å². The molecule has 0 aliphatic carbocycles. The molecule has 2 aromatic rings. The van der Waals surface area contributed by atoms with Crippen LogP contribution in [0.1, 0.15) is 41.3 Å². The van der Waals surface area contributed by atoms with Gasteiger partial charge in [-0.25, -0.2) is 0 Å². The summed E-state index contributed by atoms with van der Waals surface area (Å²) in [6.07, 6.45) is 2.63. The number of nitrogens with one attached hydrogen (secondary N) is 1. The summed E-state index contributed by atoms with van der Waals surface area (Å²) in [6.45, 7) is 6.13. The highest BCUT2D eigenvalue weighted by Gasteiger charge is 2.16. The number of amides is 1. The van der Waals surface area contributed by atoms with Crippen molar-refractivity contribution in [2.45, 2.75) is 32.9 Å². The lowest BCUT2D eigenvalue weighted by atomic mass is 9.99. The molecule has 2 N–H and O–H groups in total. The summed E-state index contributed by atoms with van der Waals surface area (Å²) in [5.41, 5.74) is 2.67. The Bertz CT molecular complexity index is 712. The second-order valence-corrected chi connectivity index (χ2v) is 7.00. The fraction of sp³-hybridized carbons (Fsp3) is 0.381. The summed E-state index contributed by atoms with van der Waals surface area (Å²) in [5.74, 6) is 0.535. The summed E-state index contributed by atoms with van der Waals surface area (Å²) in [7, 11) is 0. The van der Waals surface area contributed by atoms with Crippen LogP contribution in [0.5, 0.6) is 5.75 Å². The molecule has 1 aliphatic rings. The van der Waals surface area contributed by atoms with Crippen LogP contribution in [-0.4, -0.2) is 29.0 Å². The van der Waals surface area contributed by atoms with Gasteiger partial charge in [-0.15, -0.1) is 0 Å². The molecule has 132 valence electrons. The van der Waals surface area contributed by atoms with Crippen molar-refractivity contribution in [2.75, 3.05) is 13.1 Å². The molecule has 1 fully saturated rings. The van der Waals surface area contributed by atoms with Crippen LogP contribution in [0.4, 0.5) is 0 Å². The Morgan fingerprint density at radius 3 is 2.60 bits per heavy atom. The van der Waals surface area contributed by atoms with E-state index in [1.807, 2.05) is 0 Å². The van der Waals surface area contributed by atoms with Crippen LogP contribution in [0.3, 0.4) is 0 Å². The van der Waals surface area contributed by atoms with Crippen LogP contribution in [0.15, 0.2) is 48.5 Å². The third-order valence-corrected chi connectivity index (χ3v) is 4.77. The molecule has 0 bridgehead atoms. The van der Waals surface area contributed by atoms with E-state index < -0.39 is 0 Å². The van der Waals surface area contributed by atoms with Crippen molar-refractivity contribution in [3.63, 3.8) is 0 Å². The number of phenolic OH excluding ortho intramolecular Hbond substituents is 1. The number of likely N-dealkylation sites (tertiary alicyclic amines) is 1.